The molecule has 0 radical (unpaired) electrons. The number of benzene rings is 1. The summed E-state index contributed by atoms with van der Waals surface area (Å²) in [7, 11) is 8.07. The lowest BCUT2D eigenvalue weighted by Crippen LogP contribution is -2.61. The molecule has 2 bridgehead atoms. The molecule has 7 heteroatoms. The van der Waals surface area contributed by atoms with Crippen molar-refractivity contribution in [3.8, 4) is 11.5 Å². The molecule has 0 saturated carbocycles. The average molecular weight is 416 g/mol. The first-order valence-corrected chi connectivity index (χ1v) is 9.92. The fraction of sp³-hybridized carbons (Fsp3) is 0.522. The zero-order valence-electron chi connectivity index (χ0n) is 18.1. The monoisotopic (exact) mass is 416 g/mol. The number of ether oxygens (including phenoxy) is 6. The lowest BCUT2D eigenvalue weighted by atomic mass is 9.63. The van der Waals surface area contributed by atoms with Crippen molar-refractivity contribution in [2.45, 2.75) is 24.0 Å². The van der Waals surface area contributed by atoms with E-state index in [1.165, 1.54) is 7.11 Å². The number of ketones is 1. The second-order valence-corrected chi connectivity index (χ2v) is 7.98. The average Bonchev–Trinajstić information content (AvgIpc) is 2.74. The summed E-state index contributed by atoms with van der Waals surface area (Å²) in [6.45, 7) is 0.891. The number of carbonyl (C=O) groups excluding carboxylic acids is 1. The van der Waals surface area contributed by atoms with Gasteiger partial charge in [0.2, 0.25) is 5.78 Å². The molecular formula is C23H28O7. The van der Waals surface area contributed by atoms with Gasteiger partial charge in [-0.1, -0.05) is 0 Å². The molecule has 30 heavy (non-hydrogen) atoms. The minimum absolute atomic E-state index is 0.0216. The number of methoxy groups -OCH3 is 5. The largest absolute Gasteiger partial charge is 0.493 e. The highest BCUT2D eigenvalue weighted by molar-refractivity contribution is 6.04. The van der Waals surface area contributed by atoms with Gasteiger partial charge in [0.15, 0.2) is 17.3 Å². The van der Waals surface area contributed by atoms with Crippen LogP contribution in [-0.4, -0.2) is 60.1 Å². The van der Waals surface area contributed by atoms with Gasteiger partial charge < -0.3 is 28.4 Å². The van der Waals surface area contributed by atoms with E-state index < -0.39 is 11.2 Å². The summed E-state index contributed by atoms with van der Waals surface area (Å²) in [4.78, 5) is 12.6. The Balaban J connectivity index is 1.99. The third-order valence-electron chi connectivity index (χ3n) is 6.41. The summed E-state index contributed by atoms with van der Waals surface area (Å²) in [6, 6.07) is 3.93. The molecule has 1 aliphatic carbocycles. The molecule has 4 rings (SSSR count). The van der Waals surface area contributed by atoms with Crippen LogP contribution in [0.15, 0.2) is 35.6 Å². The first-order valence-electron chi connectivity index (χ1n) is 9.92. The Morgan fingerprint density at radius 1 is 1.03 bits per heavy atom. The molecule has 0 unspecified atom stereocenters. The maximum atomic E-state index is 12.6. The van der Waals surface area contributed by atoms with Crippen LogP contribution in [0.4, 0.5) is 0 Å². The van der Waals surface area contributed by atoms with E-state index in [0.717, 1.165) is 16.7 Å². The van der Waals surface area contributed by atoms with E-state index in [4.69, 9.17) is 28.4 Å². The number of allylic oxidation sites excluding steroid dienone is 1. The third kappa shape index (κ3) is 2.95. The standard InChI is InChI=1S/C23H28O7/c1-25-12-16-7-15-8-18(24)21(29-5)11-23(15)17-9-20(28-4)19(27-3)6-14(17)10-22(16,30-23)13-26-2/h6,8-9,11,16H,7,10,12-13H2,1-5H3/t16-,22+,23-/m0/s1. The van der Waals surface area contributed by atoms with E-state index in [0.29, 0.717) is 37.6 Å². The predicted molar refractivity (Wildman–Crippen MR) is 109 cm³/mol. The number of hydrogen-bond donors (Lipinski definition) is 0. The van der Waals surface area contributed by atoms with Crippen molar-refractivity contribution in [3.63, 3.8) is 0 Å². The molecule has 2 aliphatic heterocycles. The highest BCUT2D eigenvalue weighted by Crippen LogP contribution is 2.57. The molecule has 7 nitrogen and oxygen atoms in total. The van der Waals surface area contributed by atoms with Crippen LogP contribution >= 0.6 is 0 Å². The molecule has 1 saturated heterocycles. The zero-order valence-corrected chi connectivity index (χ0v) is 18.1. The van der Waals surface area contributed by atoms with Gasteiger partial charge in [-0.15, -0.1) is 0 Å². The van der Waals surface area contributed by atoms with Crippen molar-refractivity contribution in [2.75, 3.05) is 48.8 Å². The molecular weight excluding hydrogens is 388 g/mol. The van der Waals surface area contributed by atoms with Crippen molar-refractivity contribution >= 4 is 5.78 Å². The van der Waals surface area contributed by atoms with Crippen LogP contribution in [0.1, 0.15) is 17.5 Å². The quantitative estimate of drug-likeness (QED) is 0.676. The van der Waals surface area contributed by atoms with E-state index in [1.54, 1.807) is 40.6 Å². The number of carbonyl (C=O) groups is 1. The van der Waals surface area contributed by atoms with Crippen LogP contribution in [0, 0.1) is 5.92 Å². The molecule has 162 valence electrons. The smallest absolute Gasteiger partial charge is 0.220 e. The predicted octanol–water partition coefficient (Wildman–Crippen LogP) is 2.56. The summed E-state index contributed by atoms with van der Waals surface area (Å²) in [5.74, 6) is 1.38. The molecule has 3 atom stereocenters. The Labute approximate surface area is 176 Å². The highest BCUT2D eigenvalue weighted by Gasteiger charge is 2.59. The molecule has 0 N–H and O–H groups in total. The van der Waals surface area contributed by atoms with Crippen molar-refractivity contribution in [1.82, 2.24) is 0 Å². The SMILES string of the molecule is COC[C@@H]1CC2=CC(=O)C(OC)=C[C@]23O[C@@]1(COC)Cc1cc(OC)c(OC)cc13. The molecule has 1 aromatic carbocycles. The lowest BCUT2D eigenvalue weighted by molar-refractivity contribution is -0.216. The summed E-state index contributed by atoms with van der Waals surface area (Å²) >= 11 is 0. The molecule has 1 fully saturated rings. The van der Waals surface area contributed by atoms with Crippen molar-refractivity contribution in [3.05, 3.63) is 46.7 Å². The van der Waals surface area contributed by atoms with Gasteiger partial charge in [0.25, 0.3) is 0 Å². The summed E-state index contributed by atoms with van der Waals surface area (Å²) in [5, 5.41) is 0. The number of rotatable bonds is 7. The summed E-state index contributed by atoms with van der Waals surface area (Å²) in [5.41, 5.74) is 1.31. The number of hydrogen-bond acceptors (Lipinski definition) is 7. The van der Waals surface area contributed by atoms with Gasteiger partial charge in [-0.05, 0) is 41.3 Å². The van der Waals surface area contributed by atoms with Gasteiger partial charge in [0.1, 0.15) is 11.2 Å². The van der Waals surface area contributed by atoms with Gasteiger partial charge >= 0.3 is 0 Å². The van der Waals surface area contributed by atoms with Crippen LogP contribution in [0.2, 0.25) is 0 Å². The maximum Gasteiger partial charge on any atom is 0.220 e. The first kappa shape index (κ1) is 20.9. The normalized spacial score (nSPS) is 29.4. The molecule has 3 aliphatic rings. The van der Waals surface area contributed by atoms with Crippen LogP contribution in [0.5, 0.6) is 11.5 Å². The Morgan fingerprint density at radius 3 is 2.40 bits per heavy atom. The summed E-state index contributed by atoms with van der Waals surface area (Å²) < 4.78 is 34.6. The molecule has 2 heterocycles. The minimum Gasteiger partial charge on any atom is -0.493 e. The van der Waals surface area contributed by atoms with Gasteiger partial charge in [0.05, 0.1) is 34.5 Å². The summed E-state index contributed by atoms with van der Waals surface area (Å²) in [6.07, 6.45) is 4.72. The Morgan fingerprint density at radius 2 is 1.77 bits per heavy atom. The fourth-order valence-corrected chi connectivity index (χ4v) is 5.08. The second kappa shape index (κ2) is 7.72. The van der Waals surface area contributed by atoms with Gasteiger partial charge in [-0.3, -0.25) is 4.79 Å². The Kier molecular flexibility index (Phi) is 5.38. The third-order valence-corrected chi connectivity index (χ3v) is 6.41. The second-order valence-electron chi connectivity index (χ2n) is 7.98. The van der Waals surface area contributed by atoms with E-state index in [-0.39, 0.29) is 17.5 Å². The van der Waals surface area contributed by atoms with Gasteiger partial charge in [-0.2, -0.15) is 0 Å². The Bertz CT molecular complexity index is 918. The zero-order chi connectivity index (χ0) is 21.5. The van der Waals surface area contributed by atoms with Crippen molar-refractivity contribution < 1.29 is 33.2 Å². The molecule has 0 aromatic heterocycles. The van der Waals surface area contributed by atoms with Crippen LogP contribution < -0.4 is 9.47 Å². The van der Waals surface area contributed by atoms with E-state index in [2.05, 4.69) is 0 Å². The minimum atomic E-state index is -0.935. The Hall–Kier alpha value is -2.35. The van der Waals surface area contributed by atoms with E-state index in [1.807, 2.05) is 12.1 Å². The van der Waals surface area contributed by atoms with E-state index >= 15 is 0 Å². The van der Waals surface area contributed by atoms with Crippen LogP contribution in [0.25, 0.3) is 0 Å². The molecule has 0 amide bonds. The van der Waals surface area contributed by atoms with Gasteiger partial charge in [-0.25, -0.2) is 0 Å². The topological polar surface area (TPSA) is 72.5 Å². The number of fused-ring (bicyclic) bond motifs is 2. The lowest BCUT2D eigenvalue weighted by Gasteiger charge is -2.57. The van der Waals surface area contributed by atoms with Crippen molar-refractivity contribution in [2.24, 2.45) is 5.92 Å². The maximum absolute atomic E-state index is 12.6. The molecule has 1 aromatic rings. The van der Waals surface area contributed by atoms with E-state index in [9.17, 15) is 4.79 Å². The first-order chi connectivity index (χ1) is 14.5. The highest BCUT2D eigenvalue weighted by atomic mass is 16.6. The fourth-order valence-electron chi connectivity index (χ4n) is 5.08. The molecule has 1 spiro atoms. The van der Waals surface area contributed by atoms with Crippen LogP contribution in [0.3, 0.4) is 0 Å². The van der Waals surface area contributed by atoms with Crippen molar-refractivity contribution in [1.29, 1.82) is 0 Å². The van der Waals surface area contributed by atoms with Gasteiger partial charge in [0, 0.05) is 32.6 Å². The van der Waals surface area contributed by atoms with Crippen LogP contribution in [-0.2, 0) is 35.8 Å².